The maximum atomic E-state index is 12.3. The molecule has 1 aliphatic heterocycles. The number of nitrogens with zero attached hydrogens (tertiary/aromatic N) is 2. The fourth-order valence-corrected chi connectivity index (χ4v) is 4.26. The van der Waals surface area contributed by atoms with Crippen LogP contribution in [0.1, 0.15) is 29.6 Å². The van der Waals surface area contributed by atoms with Crippen LogP contribution in [-0.4, -0.2) is 58.4 Å². The number of benzene rings is 2. The van der Waals surface area contributed by atoms with E-state index in [1.54, 1.807) is 0 Å². The number of rotatable bonds is 7. The van der Waals surface area contributed by atoms with Crippen LogP contribution in [0.3, 0.4) is 0 Å². The van der Waals surface area contributed by atoms with E-state index in [1.165, 1.54) is 57.6 Å². The Kier molecular flexibility index (Phi) is 7.29. The van der Waals surface area contributed by atoms with Crippen molar-refractivity contribution in [2.24, 2.45) is 0 Å². The van der Waals surface area contributed by atoms with Gasteiger partial charge in [0.15, 0.2) is 6.61 Å². The third kappa shape index (κ3) is 5.83. The van der Waals surface area contributed by atoms with Crippen LogP contribution in [0.5, 0.6) is 0 Å². The second kappa shape index (κ2) is 9.93. The first-order chi connectivity index (χ1) is 14.8. The zero-order valence-corrected chi connectivity index (χ0v) is 18.5. The summed E-state index contributed by atoms with van der Waals surface area (Å²) >= 11 is 0. The molecule has 0 unspecified atom stereocenters. The standard InChI is InChI=1S/C22H27N3O5S/c1-24(2)31(28,29)20-8-6-7-17(15-20)22(27)30-16-21(26)23-18-9-11-19(12-10-18)25-13-4-3-5-14-25/h6-12,15H,3-5,13-14,16H2,1-2H3,(H,23,26). The first kappa shape index (κ1) is 22.8. The SMILES string of the molecule is CN(C)S(=O)(=O)c1cccc(C(=O)OCC(=O)Nc2ccc(N3CCCCC3)cc2)c1. The minimum Gasteiger partial charge on any atom is -0.452 e. The summed E-state index contributed by atoms with van der Waals surface area (Å²) in [6.07, 6.45) is 3.64. The third-order valence-electron chi connectivity index (χ3n) is 5.05. The summed E-state index contributed by atoms with van der Waals surface area (Å²) in [5, 5.41) is 2.69. The largest absolute Gasteiger partial charge is 0.452 e. The van der Waals surface area contributed by atoms with Crippen LogP contribution >= 0.6 is 0 Å². The quantitative estimate of drug-likeness (QED) is 0.659. The van der Waals surface area contributed by atoms with Crippen LogP contribution < -0.4 is 10.2 Å². The second-order valence-electron chi connectivity index (χ2n) is 7.53. The lowest BCUT2D eigenvalue weighted by Crippen LogP contribution is -2.29. The van der Waals surface area contributed by atoms with E-state index in [0.29, 0.717) is 5.69 Å². The molecule has 166 valence electrons. The van der Waals surface area contributed by atoms with Crippen molar-refractivity contribution in [1.82, 2.24) is 4.31 Å². The van der Waals surface area contributed by atoms with Gasteiger partial charge < -0.3 is 15.0 Å². The minimum atomic E-state index is -3.67. The van der Waals surface area contributed by atoms with Gasteiger partial charge in [-0.2, -0.15) is 0 Å². The van der Waals surface area contributed by atoms with Crippen LogP contribution in [-0.2, 0) is 19.6 Å². The van der Waals surface area contributed by atoms with Crippen molar-refractivity contribution in [2.75, 3.05) is 44.0 Å². The molecule has 0 bridgehead atoms. The Morgan fingerprint density at radius 3 is 2.35 bits per heavy atom. The van der Waals surface area contributed by atoms with Gasteiger partial charge >= 0.3 is 5.97 Å². The lowest BCUT2D eigenvalue weighted by Gasteiger charge is -2.28. The van der Waals surface area contributed by atoms with Gasteiger partial charge in [0.1, 0.15) is 0 Å². The summed E-state index contributed by atoms with van der Waals surface area (Å²) in [4.78, 5) is 26.7. The van der Waals surface area contributed by atoms with Gasteiger partial charge in [0.2, 0.25) is 10.0 Å². The van der Waals surface area contributed by atoms with Gasteiger partial charge in [0.05, 0.1) is 10.5 Å². The molecule has 0 aromatic heterocycles. The molecule has 0 radical (unpaired) electrons. The van der Waals surface area contributed by atoms with Gasteiger partial charge in [-0.25, -0.2) is 17.5 Å². The topological polar surface area (TPSA) is 96.0 Å². The van der Waals surface area contributed by atoms with Crippen molar-refractivity contribution >= 4 is 33.3 Å². The van der Waals surface area contributed by atoms with E-state index in [2.05, 4.69) is 10.2 Å². The molecule has 1 heterocycles. The summed E-state index contributed by atoms with van der Waals surface area (Å²) in [5.41, 5.74) is 1.79. The highest BCUT2D eigenvalue weighted by atomic mass is 32.2. The van der Waals surface area contributed by atoms with Crippen molar-refractivity contribution in [1.29, 1.82) is 0 Å². The number of hydrogen-bond donors (Lipinski definition) is 1. The summed E-state index contributed by atoms with van der Waals surface area (Å²) in [6.45, 7) is 1.61. The first-order valence-electron chi connectivity index (χ1n) is 10.1. The Balaban J connectivity index is 1.54. The van der Waals surface area contributed by atoms with Gasteiger partial charge in [0, 0.05) is 38.6 Å². The average molecular weight is 446 g/mol. The molecular formula is C22H27N3O5S. The Morgan fingerprint density at radius 1 is 1.03 bits per heavy atom. The molecule has 1 amide bonds. The average Bonchev–Trinajstić information content (AvgIpc) is 2.78. The van der Waals surface area contributed by atoms with Crippen molar-refractivity contribution < 1.29 is 22.7 Å². The zero-order chi connectivity index (χ0) is 22.4. The summed E-state index contributed by atoms with van der Waals surface area (Å²) in [7, 11) is -0.861. The van der Waals surface area contributed by atoms with E-state index < -0.39 is 28.5 Å². The lowest BCUT2D eigenvalue weighted by molar-refractivity contribution is -0.119. The molecule has 0 aliphatic carbocycles. The maximum absolute atomic E-state index is 12.3. The van der Waals surface area contributed by atoms with Gasteiger partial charge in [-0.3, -0.25) is 4.79 Å². The van der Waals surface area contributed by atoms with Gasteiger partial charge in [-0.15, -0.1) is 0 Å². The minimum absolute atomic E-state index is 0.0230. The second-order valence-corrected chi connectivity index (χ2v) is 9.69. The molecule has 2 aromatic rings. The molecule has 1 fully saturated rings. The highest BCUT2D eigenvalue weighted by molar-refractivity contribution is 7.89. The summed E-state index contributed by atoms with van der Waals surface area (Å²) in [5.74, 6) is -1.25. The first-order valence-corrected chi connectivity index (χ1v) is 11.6. The third-order valence-corrected chi connectivity index (χ3v) is 6.87. The highest BCUT2D eigenvalue weighted by Gasteiger charge is 2.19. The normalized spacial score (nSPS) is 14.4. The van der Waals surface area contributed by atoms with Crippen molar-refractivity contribution in [2.45, 2.75) is 24.2 Å². The highest BCUT2D eigenvalue weighted by Crippen LogP contribution is 2.22. The van der Waals surface area contributed by atoms with Crippen LogP contribution in [0.15, 0.2) is 53.4 Å². The predicted octanol–water partition coefficient (Wildman–Crippen LogP) is 2.72. The monoisotopic (exact) mass is 445 g/mol. The van der Waals surface area contributed by atoms with Crippen LogP contribution in [0.25, 0.3) is 0 Å². The Labute approximate surface area is 182 Å². The van der Waals surface area contributed by atoms with Crippen molar-refractivity contribution in [3.05, 3.63) is 54.1 Å². The number of amides is 1. The molecule has 0 spiro atoms. The molecule has 2 aromatic carbocycles. The fraction of sp³-hybridized carbons (Fsp3) is 0.364. The zero-order valence-electron chi connectivity index (χ0n) is 17.7. The molecular weight excluding hydrogens is 418 g/mol. The van der Waals surface area contributed by atoms with Crippen LogP contribution in [0, 0.1) is 0 Å². The number of sulfonamides is 1. The van der Waals surface area contributed by atoms with E-state index in [9.17, 15) is 18.0 Å². The van der Waals surface area contributed by atoms with E-state index in [4.69, 9.17) is 4.74 Å². The molecule has 1 saturated heterocycles. The number of carbonyl (C=O) groups is 2. The molecule has 8 nitrogen and oxygen atoms in total. The van der Waals surface area contributed by atoms with E-state index in [-0.39, 0.29) is 10.5 Å². The van der Waals surface area contributed by atoms with Gasteiger partial charge in [0.25, 0.3) is 5.91 Å². The number of anilines is 2. The fourth-order valence-electron chi connectivity index (χ4n) is 3.31. The Morgan fingerprint density at radius 2 is 1.71 bits per heavy atom. The summed E-state index contributed by atoms with van der Waals surface area (Å²) < 4.78 is 30.5. The molecule has 31 heavy (non-hydrogen) atoms. The Bertz CT molecular complexity index is 1030. The number of esters is 1. The van der Waals surface area contributed by atoms with E-state index in [1.807, 2.05) is 24.3 Å². The number of ether oxygens (including phenoxy) is 1. The maximum Gasteiger partial charge on any atom is 0.338 e. The molecule has 3 rings (SSSR count). The molecule has 0 atom stereocenters. The lowest BCUT2D eigenvalue weighted by atomic mass is 10.1. The number of hydrogen-bond acceptors (Lipinski definition) is 6. The number of piperidine rings is 1. The smallest absolute Gasteiger partial charge is 0.338 e. The van der Waals surface area contributed by atoms with Gasteiger partial charge in [-0.05, 0) is 61.7 Å². The van der Waals surface area contributed by atoms with E-state index in [0.717, 1.165) is 23.1 Å². The van der Waals surface area contributed by atoms with Gasteiger partial charge in [-0.1, -0.05) is 6.07 Å². The van der Waals surface area contributed by atoms with Crippen molar-refractivity contribution in [3.8, 4) is 0 Å². The van der Waals surface area contributed by atoms with Crippen molar-refractivity contribution in [3.63, 3.8) is 0 Å². The Hall–Kier alpha value is -2.91. The van der Waals surface area contributed by atoms with E-state index >= 15 is 0 Å². The van der Waals surface area contributed by atoms with Crippen LogP contribution in [0.2, 0.25) is 0 Å². The predicted molar refractivity (Wildman–Crippen MR) is 119 cm³/mol. The number of nitrogens with one attached hydrogen (secondary N) is 1. The summed E-state index contributed by atoms with van der Waals surface area (Å²) in [6, 6.07) is 13.1. The molecule has 1 aliphatic rings. The molecule has 1 N–H and O–H groups in total. The number of carbonyl (C=O) groups excluding carboxylic acids is 2. The molecule has 9 heteroatoms. The molecule has 0 saturated carbocycles. The van der Waals surface area contributed by atoms with Crippen LogP contribution in [0.4, 0.5) is 11.4 Å².